The largest absolute Gasteiger partial charge is 0.314 e. The Morgan fingerprint density at radius 1 is 1.20 bits per heavy atom. The molecule has 0 amide bonds. The van der Waals surface area contributed by atoms with Crippen LogP contribution in [0.2, 0.25) is 0 Å². The second kappa shape index (κ2) is 6.48. The Hall–Kier alpha value is -0.0900. The summed E-state index contributed by atoms with van der Waals surface area (Å²) < 4.78 is 22.2. The fourth-order valence-electron chi connectivity index (χ4n) is 1.62. The van der Waals surface area contributed by atoms with Gasteiger partial charge in [0.1, 0.15) is 9.84 Å². The molecule has 2 unspecified atom stereocenters. The molecule has 0 aromatic rings. The summed E-state index contributed by atoms with van der Waals surface area (Å²) in [6.07, 6.45) is 2.02. The molecular formula is C11H25NO2S. The van der Waals surface area contributed by atoms with Gasteiger partial charge in [0.25, 0.3) is 0 Å². The van der Waals surface area contributed by atoms with Gasteiger partial charge in [0.05, 0.1) is 5.75 Å². The zero-order valence-electron chi connectivity index (χ0n) is 10.6. The monoisotopic (exact) mass is 235 g/mol. The zero-order valence-corrected chi connectivity index (χ0v) is 11.4. The maximum absolute atomic E-state index is 11.1. The lowest BCUT2D eigenvalue weighted by Gasteiger charge is -2.27. The van der Waals surface area contributed by atoms with E-state index in [1.165, 1.54) is 6.26 Å². The molecular weight excluding hydrogens is 210 g/mol. The second-order valence-corrected chi connectivity index (χ2v) is 6.95. The smallest absolute Gasteiger partial charge is 0.147 e. The number of hydrogen-bond acceptors (Lipinski definition) is 3. The highest BCUT2D eigenvalue weighted by molar-refractivity contribution is 7.90. The van der Waals surface area contributed by atoms with Crippen molar-refractivity contribution in [2.24, 2.45) is 11.8 Å². The van der Waals surface area contributed by atoms with Crippen LogP contribution in [0.25, 0.3) is 0 Å². The van der Waals surface area contributed by atoms with Crippen molar-refractivity contribution in [3.8, 4) is 0 Å². The molecule has 0 fully saturated rings. The average molecular weight is 235 g/mol. The summed E-state index contributed by atoms with van der Waals surface area (Å²) in [5, 5.41) is 3.37. The molecule has 3 nitrogen and oxygen atoms in total. The van der Waals surface area contributed by atoms with Gasteiger partial charge in [0, 0.05) is 12.3 Å². The summed E-state index contributed by atoms with van der Waals surface area (Å²) >= 11 is 0. The van der Waals surface area contributed by atoms with Crippen LogP contribution in [0.5, 0.6) is 0 Å². The fraction of sp³-hybridized carbons (Fsp3) is 1.00. The molecule has 0 saturated carbocycles. The van der Waals surface area contributed by atoms with Crippen LogP contribution in [0.3, 0.4) is 0 Å². The third kappa shape index (κ3) is 6.90. The number of hydrogen-bond donors (Lipinski definition) is 1. The van der Waals surface area contributed by atoms with Crippen molar-refractivity contribution < 1.29 is 8.42 Å². The quantitative estimate of drug-likeness (QED) is 0.730. The van der Waals surface area contributed by atoms with E-state index in [9.17, 15) is 8.42 Å². The van der Waals surface area contributed by atoms with Crippen molar-refractivity contribution in [3.63, 3.8) is 0 Å². The molecule has 15 heavy (non-hydrogen) atoms. The van der Waals surface area contributed by atoms with Crippen LogP contribution in [0.1, 0.15) is 34.1 Å². The van der Waals surface area contributed by atoms with Crippen LogP contribution < -0.4 is 5.32 Å². The lowest BCUT2D eigenvalue weighted by molar-refractivity contribution is 0.296. The van der Waals surface area contributed by atoms with Gasteiger partial charge >= 0.3 is 0 Å². The highest BCUT2D eigenvalue weighted by Crippen LogP contribution is 2.17. The molecule has 4 heteroatoms. The molecule has 0 radical (unpaired) electrons. The van der Waals surface area contributed by atoms with Crippen LogP contribution in [-0.2, 0) is 9.84 Å². The fourth-order valence-corrected chi connectivity index (χ4v) is 2.30. The second-order valence-electron chi connectivity index (χ2n) is 4.69. The van der Waals surface area contributed by atoms with Crippen molar-refractivity contribution in [2.75, 3.05) is 18.6 Å². The predicted octanol–water partition coefficient (Wildman–Crippen LogP) is 1.69. The highest BCUT2D eigenvalue weighted by atomic mass is 32.2. The van der Waals surface area contributed by atoms with Crippen LogP contribution in [0.4, 0.5) is 0 Å². The maximum Gasteiger partial charge on any atom is 0.147 e. The highest BCUT2D eigenvalue weighted by Gasteiger charge is 2.20. The Morgan fingerprint density at radius 2 is 1.73 bits per heavy atom. The normalized spacial score (nSPS) is 16.7. The van der Waals surface area contributed by atoms with Gasteiger partial charge in [0.15, 0.2) is 0 Å². The van der Waals surface area contributed by atoms with E-state index in [1.807, 2.05) is 0 Å². The summed E-state index contributed by atoms with van der Waals surface area (Å²) in [6.45, 7) is 9.48. The molecule has 0 heterocycles. The lowest BCUT2D eigenvalue weighted by atomic mass is 9.89. The van der Waals surface area contributed by atoms with E-state index >= 15 is 0 Å². The molecule has 0 aliphatic carbocycles. The third-order valence-electron chi connectivity index (χ3n) is 2.95. The first-order valence-electron chi connectivity index (χ1n) is 5.69. The van der Waals surface area contributed by atoms with Gasteiger partial charge in [-0.3, -0.25) is 0 Å². The van der Waals surface area contributed by atoms with Crippen LogP contribution in [0.15, 0.2) is 0 Å². The first kappa shape index (κ1) is 14.9. The Morgan fingerprint density at radius 3 is 2.07 bits per heavy atom. The van der Waals surface area contributed by atoms with Gasteiger partial charge in [-0.1, -0.05) is 27.7 Å². The van der Waals surface area contributed by atoms with E-state index < -0.39 is 9.84 Å². The molecule has 0 spiro atoms. The zero-order chi connectivity index (χ0) is 12.1. The maximum atomic E-state index is 11.1. The minimum Gasteiger partial charge on any atom is -0.314 e. The molecule has 0 aliphatic rings. The number of nitrogens with one attached hydrogen (secondary N) is 1. The molecule has 0 saturated heterocycles. The summed E-state index contributed by atoms with van der Waals surface area (Å²) in [5.74, 6) is 1.36. The van der Waals surface area contributed by atoms with Gasteiger partial charge < -0.3 is 5.32 Å². The molecule has 2 atom stereocenters. The van der Waals surface area contributed by atoms with Crippen molar-refractivity contribution in [1.82, 2.24) is 5.32 Å². The van der Waals surface area contributed by atoms with Gasteiger partial charge in [-0.05, 0) is 24.8 Å². The van der Waals surface area contributed by atoms with Crippen LogP contribution >= 0.6 is 0 Å². The van der Waals surface area contributed by atoms with Crippen molar-refractivity contribution in [2.45, 2.75) is 40.2 Å². The molecule has 0 bridgehead atoms. The van der Waals surface area contributed by atoms with E-state index in [0.717, 1.165) is 6.54 Å². The summed E-state index contributed by atoms with van der Waals surface area (Å²) in [6, 6.07) is 0.310. The van der Waals surface area contributed by atoms with Crippen LogP contribution in [0, 0.1) is 11.8 Å². The Balaban J connectivity index is 4.28. The third-order valence-corrected chi connectivity index (χ3v) is 3.93. The Kier molecular flexibility index (Phi) is 6.44. The lowest BCUT2D eigenvalue weighted by Crippen LogP contribution is -2.38. The minimum absolute atomic E-state index is 0.279. The molecule has 1 N–H and O–H groups in total. The van der Waals surface area contributed by atoms with E-state index in [4.69, 9.17) is 0 Å². The first-order valence-corrected chi connectivity index (χ1v) is 7.75. The van der Waals surface area contributed by atoms with E-state index in [0.29, 0.717) is 24.3 Å². The summed E-state index contributed by atoms with van der Waals surface area (Å²) in [7, 11) is -2.84. The Bertz CT molecular complexity index is 260. The predicted molar refractivity (Wildman–Crippen MR) is 65.8 cm³/mol. The average Bonchev–Trinajstić information content (AvgIpc) is 2.09. The molecule has 0 aliphatic heterocycles. The Labute approximate surface area is 94.6 Å². The standard InChI is InChI=1S/C11H25NO2S/c1-6-12-11(10(4)9(2)3)7-8-15(5,13)14/h9-12H,6-8H2,1-5H3. The number of sulfone groups is 1. The molecule has 0 rings (SSSR count). The van der Waals surface area contributed by atoms with Crippen molar-refractivity contribution >= 4 is 9.84 Å². The summed E-state index contributed by atoms with van der Waals surface area (Å²) in [4.78, 5) is 0. The van der Waals surface area contributed by atoms with Crippen molar-refractivity contribution in [1.29, 1.82) is 0 Å². The van der Waals surface area contributed by atoms with E-state index in [-0.39, 0.29) is 5.75 Å². The SMILES string of the molecule is CCNC(CCS(C)(=O)=O)C(C)C(C)C. The number of rotatable bonds is 7. The van der Waals surface area contributed by atoms with E-state index in [1.54, 1.807) is 0 Å². The minimum atomic E-state index is -2.84. The van der Waals surface area contributed by atoms with Gasteiger partial charge in [-0.25, -0.2) is 8.42 Å². The van der Waals surface area contributed by atoms with Gasteiger partial charge in [-0.15, -0.1) is 0 Å². The van der Waals surface area contributed by atoms with Gasteiger partial charge in [-0.2, -0.15) is 0 Å². The topological polar surface area (TPSA) is 46.2 Å². The first-order chi connectivity index (χ1) is 6.78. The molecule has 92 valence electrons. The molecule has 0 aromatic heterocycles. The van der Waals surface area contributed by atoms with E-state index in [2.05, 4.69) is 33.0 Å². The molecule has 0 aromatic carbocycles. The summed E-state index contributed by atoms with van der Waals surface area (Å²) in [5.41, 5.74) is 0. The van der Waals surface area contributed by atoms with Crippen LogP contribution in [-0.4, -0.2) is 33.0 Å². The van der Waals surface area contributed by atoms with Crippen molar-refractivity contribution in [3.05, 3.63) is 0 Å². The van der Waals surface area contributed by atoms with Gasteiger partial charge in [0.2, 0.25) is 0 Å².